The standard InChI is InChI=1S/C8H15NO3/c1-11-8(10)7(9)5-6-3-2-4-12-6/h6-7H,2-5,9H2,1H3/t6-,7-/m0/s1. The average molecular weight is 173 g/mol. The minimum atomic E-state index is -0.530. The first kappa shape index (κ1) is 9.48. The van der Waals surface area contributed by atoms with Crippen LogP contribution in [0.3, 0.4) is 0 Å². The third-order valence-electron chi connectivity index (χ3n) is 2.04. The maximum Gasteiger partial charge on any atom is 0.322 e. The van der Waals surface area contributed by atoms with Crippen LogP contribution in [-0.4, -0.2) is 31.8 Å². The molecule has 0 aromatic rings. The van der Waals surface area contributed by atoms with Crippen LogP contribution < -0.4 is 5.73 Å². The zero-order valence-corrected chi connectivity index (χ0v) is 7.29. The second-order valence-electron chi connectivity index (χ2n) is 3.00. The number of nitrogens with two attached hydrogens (primary N) is 1. The van der Waals surface area contributed by atoms with E-state index in [1.54, 1.807) is 0 Å². The lowest BCUT2D eigenvalue weighted by Crippen LogP contribution is -2.34. The van der Waals surface area contributed by atoms with E-state index in [0.717, 1.165) is 19.4 Å². The molecule has 1 aliphatic heterocycles. The molecule has 1 fully saturated rings. The molecule has 0 aliphatic carbocycles. The van der Waals surface area contributed by atoms with Crippen molar-refractivity contribution in [1.82, 2.24) is 0 Å². The van der Waals surface area contributed by atoms with Gasteiger partial charge in [-0.2, -0.15) is 0 Å². The number of hydrogen-bond acceptors (Lipinski definition) is 4. The lowest BCUT2D eigenvalue weighted by atomic mass is 10.1. The highest BCUT2D eigenvalue weighted by Gasteiger charge is 2.22. The van der Waals surface area contributed by atoms with Crippen LogP contribution in [-0.2, 0) is 14.3 Å². The topological polar surface area (TPSA) is 61.5 Å². The highest BCUT2D eigenvalue weighted by atomic mass is 16.5. The van der Waals surface area contributed by atoms with Gasteiger partial charge in [0.1, 0.15) is 6.04 Å². The van der Waals surface area contributed by atoms with Crippen molar-refractivity contribution in [2.75, 3.05) is 13.7 Å². The van der Waals surface area contributed by atoms with Crippen molar-refractivity contribution in [3.63, 3.8) is 0 Å². The Balaban J connectivity index is 2.24. The zero-order valence-electron chi connectivity index (χ0n) is 7.29. The van der Waals surface area contributed by atoms with Gasteiger partial charge in [-0.3, -0.25) is 4.79 Å². The van der Waals surface area contributed by atoms with Crippen LogP contribution in [0.5, 0.6) is 0 Å². The van der Waals surface area contributed by atoms with Crippen molar-refractivity contribution in [2.24, 2.45) is 5.73 Å². The number of ether oxygens (including phenoxy) is 2. The van der Waals surface area contributed by atoms with Crippen LogP contribution in [0, 0.1) is 0 Å². The molecular formula is C8H15NO3. The Kier molecular flexibility index (Phi) is 3.49. The van der Waals surface area contributed by atoms with Gasteiger partial charge >= 0.3 is 5.97 Å². The predicted molar refractivity (Wildman–Crippen MR) is 43.6 cm³/mol. The first-order valence-corrected chi connectivity index (χ1v) is 4.19. The second kappa shape index (κ2) is 4.42. The SMILES string of the molecule is COC(=O)[C@@H](N)C[C@@H]1CCCO1. The summed E-state index contributed by atoms with van der Waals surface area (Å²) in [6, 6.07) is -0.530. The lowest BCUT2D eigenvalue weighted by Gasteiger charge is -2.13. The third-order valence-corrected chi connectivity index (χ3v) is 2.04. The Morgan fingerprint density at radius 1 is 1.83 bits per heavy atom. The molecule has 0 amide bonds. The fourth-order valence-corrected chi connectivity index (χ4v) is 1.36. The van der Waals surface area contributed by atoms with Crippen LogP contribution in [0.25, 0.3) is 0 Å². The van der Waals surface area contributed by atoms with E-state index in [1.807, 2.05) is 0 Å². The molecule has 1 rings (SSSR count). The molecule has 0 unspecified atom stereocenters. The van der Waals surface area contributed by atoms with Crippen molar-refractivity contribution >= 4 is 5.97 Å². The molecule has 0 aromatic carbocycles. The zero-order chi connectivity index (χ0) is 8.97. The van der Waals surface area contributed by atoms with Gasteiger partial charge in [-0.05, 0) is 19.3 Å². The largest absolute Gasteiger partial charge is 0.468 e. The monoisotopic (exact) mass is 173 g/mol. The maximum atomic E-state index is 10.9. The molecule has 1 heterocycles. The highest BCUT2D eigenvalue weighted by Crippen LogP contribution is 2.16. The second-order valence-corrected chi connectivity index (χ2v) is 3.00. The van der Waals surface area contributed by atoms with Gasteiger partial charge in [-0.1, -0.05) is 0 Å². The normalized spacial score (nSPS) is 25.3. The Bertz CT molecular complexity index is 154. The van der Waals surface area contributed by atoms with E-state index < -0.39 is 6.04 Å². The maximum absolute atomic E-state index is 10.9. The minimum absolute atomic E-state index is 0.152. The highest BCUT2D eigenvalue weighted by molar-refractivity contribution is 5.75. The molecule has 2 N–H and O–H groups in total. The lowest BCUT2D eigenvalue weighted by molar-refractivity contribution is -0.143. The number of esters is 1. The molecule has 0 aromatic heterocycles. The Morgan fingerprint density at radius 3 is 3.08 bits per heavy atom. The van der Waals surface area contributed by atoms with Crippen molar-refractivity contribution < 1.29 is 14.3 Å². The van der Waals surface area contributed by atoms with Crippen molar-refractivity contribution in [2.45, 2.75) is 31.4 Å². The predicted octanol–water partition coefficient (Wildman–Crippen LogP) is 0.0558. The van der Waals surface area contributed by atoms with Crippen LogP contribution in [0.2, 0.25) is 0 Å². The van der Waals surface area contributed by atoms with Crippen LogP contribution >= 0.6 is 0 Å². The van der Waals surface area contributed by atoms with Crippen molar-refractivity contribution in [1.29, 1.82) is 0 Å². The van der Waals surface area contributed by atoms with E-state index in [-0.39, 0.29) is 12.1 Å². The molecule has 70 valence electrons. The van der Waals surface area contributed by atoms with Gasteiger partial charge in [0.05, 0.1) is 13.2 Å². The van der Waals surface area contributed by atoms with Gasteiger partial charge in [0.15, 0.2) is 0 Å². The molecule has 12 heavy (non-hydrogen) atoms. The summed E-state index contributed by atoms with van der Waals surface area (Å²) in [5, 5.41) is 0. The smallest absolute Gasteiger partial charge is 0.322 e. The summed E-state index contributed by atoms with van der Waals surface area (Å²) in [7, 11) is 1.34. The summed E-state index contributed by atoms with van der Waals surface area (Å²) < 4.78 is 9.83. The molecule has 2 atom stereocenters. The fraction of sp³-hybridized carbons (Fsp3) is 0.875. The van der Waals surface area contributed by atoms with E-state index in [0.29, 0.717) is 6.42 Å². The summed E-state index contributed by atoms with van der Waals surface area (Å²) in [6.45, 7) is 0.790. The Morgan fingerprint density at radius 2 is 2.58 bits per heavy atom. The number of methoxy groups -OCH3 is 1. The van der Waals surface area contributed by atoms with E-state index in [4.69, 9.17) is 10.5 Å². The number of carbonyl (C=O) groups excluding carboxylic acids is 1. The van der Waals surface area contributed by atoms with Crippen molar-refractivity contribution in [3.05, 3.63) is 0 Å². The molecule has 0 saturated carbocycles. The first-order chi connectivity index (χ1) is 5.74. The summed E-state index contributed by atoms with van der Waals surface area (Å²) in [5.41, 5.74) is 5.55. The number of hydrogen-bond donors (Lipinski definition) is 1. The molecule has 0 spiro atoms. The summed E-state index contributed by atoms with van der Waals surface area (Å²) in [4.78, 5) is 10.9. The van der Waals surface area contributed by atoms with Crippen LogP contribution in [0.15, 0.2) is 0 Å². The molecule has 4 heteroatoms. The molecule has 0 radical (unpaired) electrons. The summed E-state index contributed by atoms with van der Waals surface area (Å²) in [5.74, 6) is -0.356. The van der Waals surface area contributed by atoms with Gasteiger partial charge in [-0.25, -0.2) is 0 Å². The van der Waals surface area contributed by atoms with E-state index in [2.05, 4.69) is 4.74 Å². The fourth-order valence-electron chi connectivity index (χ4n) is 1.36. The Hall–Kier alpha value is -0.610. The van der Waals surface area contributed by atoms with Crippen molar-refractivity contribution in [3.8, 4) is 0 Å². The molecule has 1 aliphatic rings. The third kappa shape index (κ3) is 2.46. The summed E-state index contributed by atoms with van der Waals surface area (Å²) in [6.07, 6.45) is 2.80. The summed E-state index contributed by atoms with van der Waals surface area (Å²) >= 11 is 0. The quantitative estimate of drug-likeness (QED) is 0.613. The van der Waals surface area contributed by atoms with Gasteiger partial charge in [-0.15, -0.1) is 0 Å². The van der Waals surface area contributed by atoms with Crippen LogP contribution in [0.4, 0.5) is 0 Å². The molecule has 0 bridgehead atoms. The molecule has 1 saturated heterocycles. The molecule has 4 nitrogen and oxygen atoms in total. The van der Waals surface area contributed by atoms with Gasteiger partial charge in [0, 0.05) is 6.61 Å². The Labute approximate surface area is 72.0 Å². The number of rotatable bonds is 3. The van der Waals surface area contributed by atoms with E-state index in [9.17, 15) is 4.79 Å². The van der Waals surface area contributed by atoms with Crippen LogP contribution in [0.1, 0.15) is 19.3 Å². The molecular weight excluding hydrogens is 158 g/mol. The van der Waals surface area contributed by atoms with E-state index in [1.165, 1.54) is 7.11 Å². The number of carbonyl (C=O) groups is 1. The van der Waals surface area contributed by atoms with E-state index >= 15 is 0 Å². The van der Waals surface area contributed by atoms with Gasteiger partial charge in [0.25, 0.3) is 0 Å². The first-order valence-electron chi connectivity index (χ1n) is 4.19. The van der Waals surface area contributed by atoms with Gasteiger partial charge < -0.3 is 15.2 Å². The average Bonchev–Trinajstić information content (AvgIpc) is 2.55. The minimum Gasteiger partial charge on any atom is -0.468 e. The van der Waals surface area contributed by atoms with Gasteiger partial charge in [0.2, 0.25) is 0 Å².